The maximum absolute atomic E-state index is 13.8. The van der Waals surface area contributed by atoms with E-state index in [2.05, 4.69) is 4.98 Å². The molecule has 5 N–H and O–H groups in total. The maximum Gasteiger partial charge on any atom is 0.449 e. The van der Waals surface area contributed by atoms with E-state index in [4.69, 9.17) is 24.2 Å². The van der Waals surface area contributed by atoms with Crippen molar-refractivity contribution in [1.82, 2.24) is 14.5 Å². The highest BCUT2D eigenvalue weighted by Gasteiger charge is 2.41. The number of nitrogens with zero attached hydrogens (tertiary/aromatic N) is 3. The summed E-state index contributed by atoms with van der Waals surface area (Å²) in [6.45, 7) is -0.921. The molecule has 2 aromatic rings. The van der Waals surface area contributed by atoms with Gasteiger partial charge in [-0.2, -0.15) is 17.4 Å². The van der Waals surface area contributed by atoms with E-state index in [1.165, 1.54) is 0 Å². The molecule has 35 heavy (non-hydrogen) atoms. The number of carboxylic acids is 1. The van der Waals surface area contributed by atoms with Crippen LogP contribution in [0.25, 0.3) is 0 Å². The number of benzene rings is 1. The molecule has 10 nitrogen and oxygen atoms in total. The summed E-state index contributed by atoms with van der Waals surface area (Å²) in [7, 11) is 0. The van der Waals surface area contributed by atoms with Crippen LogP contribution < -0.4 is 5.73 Å². The van der Waals surface area contributed by atoms with Crippen molar-refractivity contribution >= 4 is 23.2 Å². The molecule has 1 aliphatic heterocycles. The summed E-state index contributed by atoms with van der Waals surface area (Å²) in [4.78, 5) is 28.1. The fourth-order valence-corrected chi connectivity index (χ4v) is 3.40. The van der Waals surface area contributed by atoms with E-state index < -0.39 is 71.0 Å². The van der Waals surface area contributed by atoms with E-state index in [9.17, 15) is 35.9 Å². The third-order valence-electron chi connectivity index (χ3n) is 4.82. The number of amides is 1. The van der Waals surface area contributed by atoms with Gasteiger partial charge in [-0.05, 0) is 18.1 Å². The minimum atomic E-state index is -4.87. The SMILES string of the molecule is N[C@@H](CC(=O)N1CCn2c(C(F)(F)F)nc(C(=O)O)c2C1)Cc1cc(F)c(F)cc1F.O=S(O)O. The molecule has 3 rings (SSSR count). The van der Waals surface area contributed by atoms with Crippen LogP contribution in [-0.2, 0) is 41.8 Å². The lowest BCUT2D eigenvalue weighted by atomic mass is 10.0. The maximum atomic E-state index is 13.8. The van der Waals surface area contributed by atoms with E-state index in [0.29, 0.717) is 16.7 Å². The first-order chi connectivity index (χ1) is 16.1. The number of fused-ring (bicyclic) bond motifs is 1. The Hall–Kier alpha value is -3.02. The van der Waals surface area contributed by atoms with E-state index in [0.717, 1.165) is 4.90 Å². The Bertz CT molecular complexity index is 1140. The number of rotatable bonds is 5. The molecule has 0 fully saturated rings. The zero-order valence-electron chi connectivity index (χ0n) is 17.4. The third-order valence-corrected chi connectivity index (χ3v) is 4.82. The number of aromatic carboxylic acids is 1. The molecule has 0 bridgehead atoms. The van der Waals surface area contributed by atoms with Gasteiger partial charge in [0, 0.05) is 31.6 Å². The lowest BCUT2D eigenvalue weighted by molar-refractivity contribution is -0.148. The quantitative estimate of drug-likeness (QED) is 0.259. The first-order valence-corrected chi connectivity index (χ1v) is 10.5. The van der Waals surface area contributed by atoms with Crippen LogP contribution in [0.5, 0.6) is 0 Å². The van der Waals surface area contributed by atoms with Crippen LogP contribution in [0.4, 0.5) is 26.3 Å². The summed E-state index contributed by atoms with van der Waals surface area (Å²) in [6.07, 6.45) is -5.54. The fraction of sp³-hybridized carbons (Fsp3) is 0.389. The van der Waals surface area contributed by atoms with Crippen LogP contribution >= 0.6 is 0 Å². The van der Waals surface area contributed by atoms with Gasteiger partial charge in [0.05, 0.1) is 12.2 Å². The van der Waals surface area contributed by atoms with E-state index >= 15 is 0 Å². The summed E-state index contributed by atoms with van der Waals surface area (Å²) >= 11 is -2.61. The average Bonchev–Trinajstić information content (AvgIpc) is 3.11. The summed E-state index contributed by atoms with van der Waals surface area (Å²) in [5.41, 5.74) is 4.49. The van der Waals surface area contributed by atoms with Gasteiger partial charge in [-0.25, -0.2) is 22.9 Å². The second-order valence-electron chi connectivity index (χ2n) is 7.26. The smallest absolute Gasteiger partial charge is 0.449 e. The number of carbonyl (C=O) groups excluding carboxylic acids is 1. The second kappa shape index (κ2) is 11.1. The lowest BCUT2D eigenvalue weighted by Crippen LogP contribution is -2.42. The topological polar surface area (TPSA) is 159 Å². The molecule has 2 heterocycles. The van der Waals surface area contributed by atoms with Crippen molar-refractivity contribution in [3.63, 3.8) is 0 Å². The molecule has 1 aromatic carbocycles. The molecule has 1 amide bonds. The Morgan fingerprint density at radius 3 is 2.23 bits per heavy atom. The Kier molecular flexibility index (Phi) is 8.99. The Labute approximate surface area is 195 Å². The Balaban J connectivity index is 0.00000100. The van der Waals surface area contributed by atoms with Crippen molar-refractivity contribution < 1.29 is 54.4 Å². The normalized spacial score (nSPS) is 14.3. The fourth-order valence-electron chi connectivity index (χ4n) is 3.40. The number of nitrogens with two attached hydrogens (primary N) is 1. The number of aromatic nitrogens is 2. The van der Waals surface area contributed by atoms with Crippen LogP contribution in [-0.4, -0.2) is 57.3 Å². The second-order valence-corrected chi connectivity index (χ2v) is 7.72. The number of alkyl halides is 3. The van der Waals surface area contributed by atoms with Crippen molar-refractivity contribution in [2.75, 3.05) is 6.54 Å². The van der Waals surface area contributed by atoms with Gasteiger partial charge < -0.3 is 20.3 Å². The number of carbonyl (C=O) groups is 2. The van der Waals surface area contributed by atoms with Gasteiger partial charge in [0.2, 0.25) is 11.7 Å². The van der Waals surface area contributed by atoms with Gasteiger partial charge in [0.15, 0.2) is 17.3 Å². The molecule has 0 saturated heterocycles. The molecule has 0 unspecified atom stereocenters. The van der Waals surface area contributed by atoms with Crippen molar-refractivity contribution in [2.24, 2.45) is 5.73 Å². The van der Waals surface area contributed by atoms with Gasteiger partial charge in [-0.3, -0.25) is 13.9 Å². The van der Waals surface area contributed by atoms with Gasteiger partial charge in [0.1, 0.15) is 5.82 Å². The first kappa shape index (κ1) is 28.2. The Morgan fingerprint density at radius 1 is 1.11 bits per heavy atom. The first-order valence-electron chi connectivity index (χ1n) is 9.48. The van der Waals surface area contributed by atoms with Crippen LogP contribution in [0.2, 0.25) is 0 Å². The Morgan fingerprint density at radius 2 is 1.69 bits per heavy atom. The minimum Gasteiger partial charge on any atom is -0.476 e. The van der Waals surface area contributed by atoms with Gasteiger partial charge in [-0.15, -0.1) is 0 Å². The molecule has 0 spiro atoms. The average molecular weight is 532 g/mol. The predicted molar refractivity (Wildman–Crippen MR) is 106 cm³/mol. The predicted octanol–water partition coefficient (Wildman–Crippen LogP) is 2.00. The summed E-state index contributed by atoms with van der Waals surface area (Å²) in [5, 5.41) is 9.16. The van der Waals surface area contributed by atoms with Crippen LogP contribution in [0, 0.1) is 17.5 Å². The van der Waals surface area contributed by atoms with Crippen molar-refractivity contribution in [3.8, 4) is 0 Å². The summed E-state index contributed by atoms with van der Waals surface area (Å²) in [6, 6.07) is -0.00786. The monoisotopic (exact) mass is 532 g/mol. The summed E-state index contributed by atoms with van der Waals surface area (Å²) < 4.78 is 103. The molecular weight excluding hydrogens is 514 g/mol. The molecule has 0 aliphatic carbocycles. The highest BCUT2D eigenvalue weighted by Crippen LogP contribution is 2.32. The zero-order chi connectivity index (χ0) is 26.7. The number of hydrogen-bond acceptors (Lipinski definition) is 5. The third kappa shape index (κ3) is 7.23. The molecule has 0 saturated carbocycles. The number of hydrogen-bond donors (Lipinski definition) is 4. The highest BCUT2D eigenvalue weighted by molar-refractivity contribution is 7.73. The van der Waals surface area contributed by atoms with Crippen molar-refractivity contribution in [2.45, 2.75) is 38.1 Å². The molecule has 0 radical (unpaired) electrons. The molecule has 1 aromatic heterocycles. The van der Waals surface area contributed by atoms with Gasteiger partial charge in [0.25, 0.3) is 11.4 Å². The summed E-state index contributed by atoms with van der Waals surface area (Å²) in [5.74, 6) is -7.33. The minimum absolute atomic E-state index is 0.156. The largest absolute Gasteiger partial charge is 0.476 e. The van der Waals surface area contributed by atoms with Crippen LogP contribution in [0.3, 0.4) is 0 Å². The van der Waals surface area contributed by atoms with Crippen molar-refractivity contribution in [3.05, 3.63) is 52.4 Å². The molecule has 17 heteroatoms. The molecule has 1 aliphatic rings. The van der Waals surface area contributed by atoms with E-state index in [-0.39, 0.29) is 37.2 Å². The number of carboxylic acid groups (broad SMARTS) is 1. The standard InChI is InChI=1S/C18H16F6N4O3.H2O3S/c19-10-6-12(21)11(20)4-8(10)3-9(25)5-14(29)27-1-2-28-13(7-27)15(16(30)31)26-17(28)18(22,23)24;1-4(2)3/h4,6,9H,1-3,5,7,25H2,(H,30,31);(H2,1,2,3)/t9-;/m1./s1. The molecule has 1 atom stereocenters. The van der Waals surface area contributed by atoms with Gasteiger partial charge in [-0.1, -0.05) is 0 Å². The van der Waals surface area contributed by atoms with Gasteiger partial charge >= 0.3 is 12.1 Å². The lowest BCUT2D eigenvalue weighted by Gasteiger charge is -2.30. The molecule has 194 valence electrons. The van der Waals surface area contributed by atoms with Crippen LogP contribution in [0.15, 0.2) is 12.1 Å². The zero-order valence-corrected chi connectivity index (χ0v) is 18.2. The van der Waals surface area contributed by atoms with Crippen LogP contribution in [0.1, 0.15) is 34.0 Å². The number of halogens is 6. The molecular formula is C18H18F6N4O6S. The highest BCUT2D eigenvalue weighted by atomic mass is 32.2. The van der Waals surface area contributed by atoms with E-state index in [1.807, 2.05) is 0 Å². The van der Waals surface area contributed by atoms with E-state index in [1.54, 1.807) is 0 Å². The number of imidazole rings is 1. The van der Waals surface area contributed by atoms with Crippen molar-refractivity contribution in [1.29, 1.82) is 0 Å².